The molecule has 9 heteroatoms. The normalized spacial score (nSPS) is 19.7. The smallest absolute Gasteiger partial charge is 0.287 e. The predicted octanol–water partition coefficient (Wildman–Crippen LogP) is 3.35. The highest BCUT2D eigenvalue weighted by Gasteiger charge is 2.50. The number of benzene rings is 1. The standard InChI is InChI=1S/C21H24Br2N4O3/c1-14(25-19(28)17-11-16(22)18(23)30-17)12-26-9-7-21(8-10-26)20(29)24-13-27(21)15-5-3-2-4-6-15/h2-6,11,14H,7-10,12-13H2,1H3,(H,24,29)(H,25,28)/t14-/m1/s1. The molecule has 2 aliphatic heterocycles. The topological polar surface area (TPSA) is 77.8 Å². The molecule has 160 valence electrons. The molecule has 0 bridgehead atoms. The van der Waals surface area contributed by atoms with Crippen molar-refractivity contribution in [3.05, 3.63) is 51.3 Å². The average molecular weight is 540 g/mol. The van der Waals surface area contributed by atoms with Gasteiger partial charge in [0.2, 0.25) is 5.91 Å². The van der Waals surface area contributed by atoms with E-state index in [9.17, 15) is 9.59 Å². The number of halogens is 2. The number of hydrogen-bond donors (Lipinski definition) is 2. The fourth-order valence-corrected chi connectivity index (χ4v) is 4.90. The van der Waals surface area contributed by atoms with Crippen LogP contribution in [0.1, 0.15) is 30.3 Å². The van der Waals surface area contributed by atoms with Gasteiger partial charge in [0.1, 0.15) is 5.54 Å². The molecule has 2 aromatic rings. The van der Waals surface area contributed by atoms with Gasteiger partial charge in [-0.3, -0.25) is 9.59 Å². The lowest BCUT2D eigenvalue weighted by atomic mass is 9.85. The maximum absolute atomic E-state index is 12.7. The van der Waals surface area contributed by atoms with Gasteiger partial charge in [0, 0.05) is 37.4 Å². The third-order valence-corrected chi connectivity index (χ3v) is 7.58. The lowest BCUT2D eigenvalue weighted by Crippen LogP contribution is -2.57. The Hall–Kier alpha value is -1.84. The van der Waals surface area contributed by atoms with E-state index >= 15 is 0 Å². The Kier molecular flexibility index (Phi) is 6.22. The van der Waals surface area contributed by atoms with Gasteiger partial charge < -0.3 is 24.9 Å². The molecule has 2 fully saturated rings. The number of nitrogens with one attached hydrogen (secondary N) is 2. The largest absolute Gasteiger partial charge is 0.443 e. The second-order valence-corrected chi connectivity index (χ2v) is 9.44. The first-order valence-corrected chi connectivity index (χ1v) is 11.6. The molecule has 1 spiro atoms. The number of furan rings is 1. The van der Waals surface area contributed by atoms with Crippen molar-refractivity contribution in [1.29, 1.82) is 0 Å². The molecule has 1 atom stereocenters. The van der Waals surface area contributed by atoms with Gasteiger partial charge in [-0.15, -0.1) is 0 Å². The third kappa shape index (κ3) is 4.15. The van der Waals surface area contributed by atoms with E-state index in [1.54, 1.807) is 6.07 Å². The number of carbonyl (C=O) groups is 2. The number of likely N-dealkylation sites (tertiary alicyclic amines) is 1. The SMILES string of the molecule is C[C@H](CN1CCC2(CC1)C(=O)NCN2c1ccccc1)NC(=O)c1cc(Br)c(Br)o1. The average Bonchev–Trinajstić information content (AvgIpc) is 3.24. The lowest BCUT2D eigenvalue weighted by molar-refractivity contribution is -0.125. The number of carbonyl (C=O) groups excluding carboxylic acids is 2. The highest BCUT2D eigenvalue weighted by Crippen LogP contribution is 2.36. The van der Waals surface area contributed by atoms with Crippen LogP contribution in [0.4, 0.5) is 5.69 Å². The summed E-state index contributed by atoms with van der Waals surface area (Å²) < 4.78 is 6.60. The van der Waals surface area contributed by atoms with Crippen molar-refractivity contribution in [2.45, 2.75) is 31.3 Å². The molecule has 30 heavy (non-hydrogen) atoms. The van der Waals surface area contributed by atoms with Crippen LogP contribution >= 0.6 is 31.9 Å². The first kappa shape index (κ1) is 21.4. The molecule has 0 unspecified atom stereocenters. The first-order valence-electron chi connectivity index (χ1n) is 9.98. The zero-order chi connectivity index (χ0) is 21.3. The summed E-state index contributed by atoms with van der Waals surface area (Å²) in [6, 6.07) is 11.7. The van der Waals surface area contributed by atoms with E-state index in [1.165, 1.54) is 0 Å². The summed E-state index contributed by atoms with van der Waals surface area (Å²) in [5.74, 6) is 0.133. The Morgan fingerprint density at radius 3 is 2.60 bits per heavy atom. The van der Waals surface area contributed by atoms with Crippen LogP contribution in [0.3, 0.4) is 0 Å². The zero-order valence-electron chi connectivity index (χ0n) is 16.7. The zero-order valence-corrected chi connectivity index (χ0v) is 19.8. The van der Waals surface area contributed by atoms with E-state index < -0.39 is 5.54 Å². The minimum atomic E-state index is -0.489. The molecule has 0 saturated carbocycles. The van der Waals surface area contributed by atoms with Crippen LogP contribution in [-0.4, -0.2) is 54.6 Å². The molecule has 1 aromatic heterocycles. The van der Waals surface area contributed by atoms with Crippen molar-refractivity contribution < 1.29 is 14.0 Å². The van der Waals surface area contributed by atoms with E-state index in [2.05, 4.69) is 64.4 Å². The summed E-state index contributed by atoms with van der Waals surface area (Å²) >= 11 is 6.57. The van der Waals surface area contributed by atoms with Crippen LogP contribution in [0.5, 0.6) is 0 Å². The monoisotopic (exact) mass is 538 g/mol. The highest BCUT2D eigenvalue weighted by atomic mass is 79.9. The van der Waals surface area contributed by atoms with Gasteiger partial charge in [0.15, 0.2) is 10.4 Å². The Labute approximate surface area is 192 Å². The minimum absolute atomic E-state index is 0.0446. The molecular formula is C21H24Br2N4O3. The van der Waals surface area contributed by atoms with Crippen LogP contribution in [0.15, 0.2) is 50.0 Å². The van der Waals surface area contributed by atoms with Crippen molar-refractivity contribution in [2.24, 2.45) is 0 Å². The number of para-hydroxylation sites is 1. The van der Waals surface area contributed by atoms with E-state index in [-0.39, 0.29) is 23.6 Å². The Morgan fingerprint density at radius 2 is 1.97 bits per heavy atom. The maximum atomic E-state index is 12.7. The maximum Gasteiger partial charge on any atom is 0.287 e. The van der Waals surface area contributed by atoms with E-state index in [0.717, 1.165) is 38.2 Å². The van der Waals surface area contributed by atoms with Gasteiger partial charge in [0.25, 0.3) is 5.91 Å². The summed E-state index contributed by atoms with van der Waals surface area (Å²) in [6.45, 7) is 4.85. The Morgan fingerprint density at radius 1 is 1.27 bits per heavy atom. The fourth-order valence-electron chi connectivity index (χ4n) is 4.32. The van der Waals surface area contributed by atoms with Crippen LogP contribution in [-0.2, 0) is 4.79 Å². The molecule has 1 aromatic carbocycles. The highest BCUT2D eigenvalue weighted by molar-refractivity contribution is 9.13. The van der Waals surface area contributed by atoms with Crippen LogP contribution in [0, 0.1) is 0 Å². The summed E-state index contributed by atoms with van der Waals surface area (Å²) in [6.07, 6.45) is 1.51. The van der Waals surface area contributed by atoms with Gasteiger partial charge in [-0.2, -0.15) is 0 Å². The van der Waals surface area contributed by atoms with E-state index in [0.29, 0.717) is 15.8 Å². The van der Waals surface area contributed by atoms with Crippen LogP contribution in [0.2, 0.25) is 0 Å². The predicted molar refractivity (Wildman–Crippen MR) is 121 cm³/mol. The van der Waals surface area contributed by atoms with Gasteiger partial charge in [-0.25, -0.2) is 0 Å². The quantitative estimate of drug-likeness (QED) is 0.609. The van der Waals surface area contributed by atoms with E-state index in [4.69, 9.17) is 4.42 Å². The molecule has 4 rings (SSSR count). The molecular weight excluding hydrogens is 516 g/mol. The number of anilines is 1. The summed E-state index contributed by atoms with van der Waals surface area (Å²) in [4.78, 5) is 29.6. The molecule has 2 saturated heterocycles. The summed E-state index contributed by atoms with van der Waals surface area (Å²) in [5.41, 5.74) is 0.581. The molecule has 3 heterocycles. The third-order valence-electron chi connectivity index (χ3n) is 5.87. The van der Waals surface area contributed by atoms with Crippen LogP contribution in [0.25, 0.3) is 0 Å². The fraction of sp³-hybridized carbons (Fsp3) is 0.429. The van der Waals surface area contributed by atoms with Crippen molar-refractivity contribution in [3.63, 3.8) is 0 Å². The second kappa shape index (κ2) is 8.72. The molecule has 2 aliphatic rings. The van der Waals surface area contributed by atoms with Crippen LogP contribution < -0.4 is 15.5 Å². The molecule has 0 radical (unpaired) electrons. The Balaban J connectivity index is 1.34. The molecule has 7 nitrogen and oxygen atoms in total. The van der Waals surface area contributed by atoms with Crippen molar-refractivity contribution >= 4 is 49.4 Å². The lowest BCUT2D eigenvalue weighted by Gasteiger charge is -2.43. The summed E-state index contributed by atoms with van der Waals surface area (Å²) in [5, 5.41) is 6.01. The number of amides is 2. The number of nitrogens with zero attached hydrogens (tertiary/aromatic N) is 2. The van der Waals surface area contributed by atoms with Gasteiger partial charge in [-0.05, 0) is 63.8 Å². The van der Waals surface area contributed by atoms with Crippen molar-refractivity contribution in [1.82, 2.24) is 15.5 Å². The second-order valence-electron chi connectivity index (χ2n) is 7.87. The van der Waals surface area contributed by atoms with Crippen molar-refractivity contribution in [3.8, 4) is 0 Å². The van der Waals surface area contributed by atoms with Gasteiger partial charge in [0.05, 0.1) is 11.1 Å². The van der Waals surface area contributed by atoms with Crippen molar-refractivity contribution in [2.75, 3.05) is 31.2 Å². The number of hydrogen-bond acceptors (Lipinski definition) is 5. The number of piperidine rings is 1. The molecule has 2 N–H and O–H groups in total. The Bertz CT molecular complexity index is 906. The number of rotatable bonds is 5. The molecule has 0 aliphatic carbocycles. The van der Waals surface area contributed by atoms with Gasteiger partial charge in [-0.1, -0.05) is 18.2 Å². The summed E-state index contributed by atoms with van der Waals surface area (Å²) in [7, 11) is 0. The molecule has 2 amide bonds. The minimum Gasteiger partial charge on any atom is -0.443 e. The van der Waals surface area contributed by atoms with Gasteiger partial charge >= 0.3 is 0 Å². The van der Waals surface area contributed by atoms with E-state index in [1.807, 2.05) is 25.1 Å². The first-order chi connectivity index (χ1) is 14.4.